The highest BCUT2D eigenvalue weighted by Gasteiger charge is 2.29. The van der Waals surface area contributed by atoms with Crippen LogP contribution in [0.25, 0.3) is 0 Å². The number of fused-ring (bicyclic) bond motifs is 1. The Bertz CT molecular complexity index is 453. The van der Waals surface area contributed by atoms with E-state index in [0.29, 0.717) is 11.5 Å². The van der Waals surface area contributed by atoms with E-state index >= 15 is 0 Å². The summed E-state index contributed by atoms with van der Waals surface area (Å²) >= 11 is 0. The van der Waals surface area contributed by atoms with Crippen molar-refractivity contribution in [3.63, 3.8) is 0 Å². The van der Waals surface area contributed by atoms with Crippen LogP contribution in [0.1, 0.15) is 51.5 Å². The van der Waals surface area contributed by atoms with E-state index in [1.807, 2.05) is 0 Å². The van der Waals surface area contributed by atoms with Gasteiger partial charge >= 0.3 is 0 Å². The SMILES string of the molecule is CC1(C)CCCC(Oc2cccc3c2CCCN3)C1. The van der Waals surface area contributed by atoms with Gasteiger partial charge < -0.3 is 10.1 Å². The van der Waals surface area contributed by atoms with Crippen molar-refractivity contribution in [1.82, 2.24) is 0 Å². The van der Waals surface area contributed by atoms with Crippen LogP contribution < -0.4 is 10.1 Å². The van der Waals surface area contributed by atoms with Gasteiger partial charge in [0, 0.05) is 17.8 Å². The third kappa shape index (κ3) is 2.88. The van der Waals surface area contributed by atoms with Gasteiger partial charge in [-0.15, -0.1) is 0 Å². The summed E-state index contributed by atoms with van der Waals surface area (Å²) in [6, 6.07) is 6.43. The third-order valence-electron chi connectivity index (χ3n) is 4.51. The molecule has 104 valence electrons. The van der Waals surface area contributed by atoms with Crippen molar-refractivity contribution < 1.29 is 4.74 Å². The molecule has 0 spiro atoms. The van der Waals surface area contributed by atoms with Crippen molar-refractivity contribution in [2.75, 3.05) is 11.9 Å². The summed E-state index contributed by atoms with van der Waals surface area (Å²) in [4.78, 5) is 0. The highest BCUT2D eigenvalue weighted by atomic mass is 16.5. The molecule has 2 heteroatoms. The van der Waals surface area contributed by atoms with Crippen molar-refractivity contribution in [3.8, 4) is 5.75 Å². The molecular weight excluding hydrogens is 234 g/mol. The van der Waals surface area contributed by atoms with E-state index in [0.717, 1.165) is 18.7 Å². The first kappa shape index (κ1) is 12.8. The number of hydrogen-bond donors (Lipinski definition) is 1. The van der Waals surface area contributed by atoms with E-state index in [4.69, 9.17) is 4.74 Å². The summed E-state index contributed by atoms with van der Waals surface area (Å²) in [7, 11) is 0. The van der Waals surface area contributed by atoms with Crippen LogP contribution in [-0.2, 0) is 6.42 Å². The van der Waals surface area contributed by atoms with Gasteiger partial charge in [-0.05, 0) is 56.1 Å². The van der Waals surface area contributed by atoms with Crippen LogP contribution in [0.3, 0.4) is 0 Å². The zero-order valence-corrected chi connectivity index (χ0v) is 12.2. The fourth-order valence-corrected chi connectivity index (χ4v) is 3.50. The van der Waals surface area contributed by atoms with Crippen LogP contribution in [0.5, 0.6) is 5.75 Å². The Morgan fingerprint density at radius 2 is 2.16 bits per heavy atom. The van der Waals surface area contributed by atoms with Crippen LogP contribution in [-0.4, -0.2) is 12.6 Å². The molecule has 1 saturated carbocycles. The van der Waals surface area contributed by atoms with Crippen molar-refractivity contribution in [1.29, 1.82) is 0 Å². The molecule has 0 saturated heterocycles. The second kappa shape index (κ2) is 5.07. The second-order valence-corrected chi connectivity index (χ2v) is 6.81. The van der Waals surface area contributed by atoms with Gasteiger partial charge in [-0.25, -0.2) is 0 Å². The average molecular weight is 259 g/mol. The Morgan fingerprint density at radius 1 is 1.26 bits per heavy atom. The highest BCUT2D eigenvalue weighted by Crippen LogP contribution is 2.38. The summed E-state index contributed by atoms with van der Waals surface area (Å²) in [5.74, 6) is 1.12. The normalized spacial score (nSPS) is 25.3. The zero-order chi connectivity index (χ0) is 13.3. The molecule has 0 aromatic heterocycles. The molecule has 19 heavy (non-hydrogen) atoms. The third-order valence-corrected chi connectivity index (χ3v) is 4.51. The molecule has 2 nitrogen and oxygen atoms in total. The summed E-state index contributed by atoms with van der Waals surface area (Å²) < 4.78 is 6.35. The Kier molecular flexibility index (Phi) is 3.42. The second-order valence-electron chi connectivity index (χ2n) is 6.81. The largest absolute Gasteiger partial charge is 0.490 e. The molecule has 3 rings (SSSR count). The molecular formula is C17H25NO. The zero-order valence-electron chi connectivity index (χ0n) is 12.2. The van der Waals surface area contributed by atoms with Gasteiger partial charge in [-0.1, -0.05) is 19.9 Å². The van der Waals surface area contributed by atoms with E-state index in [2.05, 4.69) is 37.4 Å². The minimum atomic E-state index is 0.400. The first-order valence-corrected chi connectivity index (χ1v) is 7.66. The van der Waals surface area contributed by atoms with Gasteiger partial charge in [0.05, 0.1) is 6.10 Å². The maximum absolute atomic E-state index is 6.35. The van der Waals surface area contributed by atoms with Gasteiger partial charge in [-0.3, -0.25) is 0 Å². The van der Waals surface area contributed by atoms with Crippen LogP contribution >= 0.6 is 0 Å². The fraction of sp³-hybridized carbons (Fsp3) is 0.647. The van der Waals surface area contributed by atoms with E-state index in [1.54, 1.807) is 0 Å². The summed E-state index contributed by atoms with van der Waals surface area (Å²) in [6.07, 6.45) is 7.78. The Hall–Kier alpha value is -1.18. The number of rotatable bonds is 2. The van der Waals surface area contributed by atoms with Crippen LogP contribution in [0.15, 0.2) is 18.2 Å². The summed E-state index contributed by atoms with van der Waals surface area (Å²) in [6.45, 7) is 5.82. The predicted octanol–water partition coefficient (Wildman–Crippen LogP) is 4.39. The summed E-state index contributed by atoms with van der Waals surface area (Å²) in [5.41, 5.74) is 3.10. The molecule has 0 radical (unpaired) electrons. The Labute approximate surface area is 116 Å². The van der Waals surface area contributed by atoms with E-state index < -0.39 is 0 Å². The number of hydrogen-bond acceptors (Lipinski definition) is 2. The molecule has 1 unspecified atom stereocenters. The molecule has 2 aliphatic rings. The highest BCUT2D eigenvalue weighted by molar-refractivity contribution is 5.59. The van der Waals surface area contributed by atoms with Crippen molar-refractivity contribution in [2.24, 2.45) is 5.41 Å². The summed E-state index contributed by atoms with van der Waals surface area (Å²) in [5, 5.41) is 3.48. The topological polar surface area (TPSA) is 21.3 Å². The minimum Gasteiger partial charge on any atom is -0.490 e. The first-order valence-electron chi connectivity index (χ1n) is 7.66. The molecule has 1 aromatic carbocycles. The molecule has 1 aliphatic heterocycles. The maximum Gasteiger partial charge on any atom is 0.124 e. The van der Waals surface area contributed by atoms with E-state index in [-0.39, 0.29) is 0 Å². The van der Waals surface area contributed by atoms with Crippen LogP contribution in [0.4, 0.5) is 5.69 Å². The Balaban J connectivity index is 1.76. The number of anilines is 1. The molecule has 1 aromatic rings. The van der Waals surface area contributed by atoms with E-state index in [1.165, 1.54) is 43.4 Å². The first-order chi connectivity index (χ1) is 9.14. The molecule has 1 N–H and O–H groups in total. The van der Waals surface area contributed by atoms with Gasteiger partial charge in [0.25, 0.3) is 0 Å². The van der Waals surface area contributed by atoms with Gasteiger partial charge in [0.15, 0.2) is 0 Å². The van der Waals surface area contributed by atoms with Gasteiger partial charge in [0.2, 0.25) is 0 Å². The predicted molar refractivity (Wildman–Crippen MR) is 79.9 cm³/mol. The molecule has 1 atom stereocenters. The monoisotopic (exact) mass is 259 g/mol. The lowest BCUT2D eigenvalue weighted by Crippen LogP contribution is -2.30. The quantitative estimate of drug-likeness (QED) is 0.850. The molecule has 0 bridgehead atoms. The van der Waals surface area contributed by atoms with Gasteiger partial charge in [-0.2, -0.15) is 0 Å². The van der Waals surface area contributed by atoms with Crippen LogP contribution in [0.2, 0.25) is 0 Å². The van der Waals surface area contributed by atoms with Crippen LogP contribution in [0, 0.1) is 5.41 Å². The van der Waals surface area contributed by atoms with Crippen molar-refractivity contribution in [2.45, 2.75) is 58.5 Å². The smallest absolute Gasteiger partial charge is 0.124 e. The fourth-order valence-electron chi connectivity index (χ4n) is 3.50. The van der Waals surface area contributed by atoms with E-state index in [9.17, 15) is 0 Å². The molecule has 1 fully saturated rings. The molecule has 1 heterocycles. The number of ether oxygens (including phenoxy) is 1. The Morgan fingerprint density at radius 3 is 3.00 bits per heavy atom. The molecule has 0 amide bonds. The number of nitrogens with one attached hydrogen (secondary N) is 1. The maximum atomic E-state index is 6.35. The van der Waals surface area contributed by atoms with Crippen molar-refractivity contribution in [3.05, 3.63) is 23.8 Å². The van der Waals surface area contributed by atoms with Gasteiger partial charge in [0.1, 0.15) is 5.75 Å². The minimum absolute atomic E-state index is 0.400. The number of benzene rings is 1. The average Bonchev–Trinajstić information content (AvgIpc) is 2.38. The molecule has 1 aliphatic carbocycles. The lowest BCUT2D eigenvalue weighted by atomic mass is 9.76. The van der Waals surface area contributed by atoms with Crippen molar-refractivity contribution >= 4 is 5.69 Å². The lowest BCUT2D eigenvalue weighted by molar-refractivity contribution is 0.0843. The standard InChI is InChI=1S/C17H25NO/c1-17(2)10-4-6-13(12-17)19-16-9-3-8-15-14(16)7-5-11-18-15/h3,8-9,13,18H,4-7,10-12H2,1-2H3. The lowest BCUT2D eigenvalue weighted by Gasteiger charge is -2.36.